The zero-order valence-electron chi connectivity index (χ0n) is 14.6. The number of carbonyl (C=O) groups is 1. The van der Waals surface area contributed by atoms with E-state index in [9.17, 15) is 4.79 Å². The van der Waals surface area contributed by atoms with Crippen molar-refractivity contribution >= 4 is 69.5 Å². The molecule has 0 spiro atoms. The Balaban J connectivity index is 0.000000527. The normalized spacial score (nSPS) is 10.7. The van der Waals surface area contributed by atoms with E-state index < -0.39 is 0 Å². The van der Waals surface area contributed by atoms with Crippen LogP contribution in [0.15, 0.2) is 76.2 Å². The zero-order valence-corrected chi connectivity index (χ0v) is 20.9. The Bertz CT molecular complexity index is 723. The van der Waals surface area contributed by atoms with Gasteiger partial charge >= 0.3 is 0 Å². The summed E-state index contributed by atoms with van der Waals surface area (Å²) in [5.41, 5.74) is 1.33. The molecule has 0 atom stereocenters. The van der Waals surface area contributed by atoms with Crippen LogP contribution in [0.3, 0.4) is 0 Å². The first-order valence-electron chi connectivity index (χ1n) is 8.17. The molecule has 0 N–H and O–H groups in total. The molecule has 2 nitrogen and oxygen atoms in total. The molecule has 0 aliphatic carbocycles. The van der Waals surface area contributed by atoms with Gasteiger partial charge in [0.1, 0.15) is 12.4 Å². The Morgan fingerprint density at radius 2 is 1.48 bits per heavy atom. The van der Waals surface area contributed by atoms with E-state index in [2.05, 4.69) is 69.8 Å². The Labute approximate surface area is 194 Å². The van der Waals surface area contributed by atoms with Crippen molar-refractivity contribution in [2.75, 3.05) is 17.3 Å². The number of rotatable bonds is 8. The largest absolute Gasteiger partial charge is 0.490 e. The van der Waals surface area contributed by atoms with Crippen LogP contribution in [0.4, 0.5) is 0 Å². The molecule has 2 rings (SSSR count). The topological polar surface area (TPSA) is 26.3 Å². The summed E-state index contributed by atoms with van der Waals surface area (Å²) in [6.07, 6.45) is 7.07. The van der Waals surface area contributed by atoms with Gasteiger partial charge in [0, 0.05) is 26.3 Å². The lowest BCUT2D eigenvalue weighted by Gasteiger charge is -2.05. The lowest BCUT2D eigenvalue weighted by Crippen LogP contribution is -2.01. The molecule has 2 aromatic carbocycles. The van der Waals surface area contributed by atoms with Crippen LogP contribution in [0.1, 0.15) is 22.3 Å². The maximum atomic E-state index is 12.3. The van der Waals surface area contributed by atoms with Crippen molar-refractivity contribution in [1.82, 2.24) is 0 Å². The minimum Gasteiger partial charge on any atom is -0.490 e. The summed E-state index contributed by atoms with van der Waals surface area (Å²) in [6, 6.07) is 14.5. The van der Waals surface area contributed by atoms with Gasteiger partial charge in [-0.05, 0) is 59.9 Å². The second kappa shape index (κ2) is 15.3. The molecule has 0 amide bonds. The van der Waals surface area contributed by atoms with E-state index in [-0.39, 0.29) is 5.78 Å². The van der Waals surface area contributed by atoms with E-state index in [1.807, 2.05) is 53.5 Å². The van der Waals surface area contributed by atoms with Crippen LogP contribution in [0.5, 0.6) is 5.75 Å². The number of allylic oxidation sites excluding steroid dienone is 2. The Hall–Kier alpha value is -0.690. The maximum absolute atomic E-state index is 12.3. The molecule has 0 radical (unpaired) electrons. The van der Waals surface area contributed by atoms with Crippen molar-refractivity contribution in [3.63, 3.8) is 0 Å². The van der Waals surface area contributed by atoms with Crippen molar-refractivity contribution in [1.29, 1.82) is 0 Å². The van der Waals surface area contributed by atoms with Crippen molar-refractivity contribution in [2.45, 2.75) is 6.42 Å². The molecule has 2 aromatic rings. The Kier molecular flexibility index (Phi) is 13.8. The van der Waals surface area contributed by atoms with Gasteiger partial charge in [0.25, 0.3) is 0 Å². The molecule has 27 heavy (non-hydrogen) atoms. The van der Waals surface area contributed by atoms with Crippen LogP contribution < -0.4 is 4.74 Å². The van der Waals surface area contributed by atoms with Crippen LogP contribution >= 0.6 is 63.7 Å². The van der Waals surface area contributed by atoms with Gasteiger partial charge in [0.2, 0.25) is 0 Å². The third-order valence-corrected chi connectivity index (χ3v) is 4.92. The first kappa shape index (κ1) is 24.3. The summed E-state index contributed by atoms with van der Waals surface area (Å²) < 4.78 is 6.50. The highest BCUT2D eigenvalue weighted by molar-refractivity contribution is 9.11. The fourth-order valence-electron chi connectivity index (χ4n) is 1.87. The minimum absolute atomic E-state index is 0.00762. The van der Waals surface area contributed by atoms with E-state index in [4.69, 9.17) is 4.74 Å². The van der Waals surface area contributed by atoms with Gasteiger partial charge in [0.05, 0.1) is 0 Å². The summed E-state index contributed by atoms with van der Waals surface area (Å²) in [5, 5.41) is 1.87. The van der Waals surface area contributed by atoms with Crippen LogP contribution in [0.25, 0.3) is 0 Å². The molecule has 0 aliphatic rings. The Morgan fingerprint density at radius 1 is 0.889 bits per heavy atom. The summed E-state index contributed by atoms with van der Waals surface area (Å²) in [4.78, 5) is 14.2. The summed E-state index contributed by atoms with van der Waals surface area (Å²) in [5.74, 6) is 0.759. The molecule has 0 unspecified atom stereocenters. The van der Waals surface area contributed by atoms with Crippen LogP contribution in [-0.4, -0.2) is 23.1 Å². The maximum Gasteiger partial charge on any atom is 0.193 e. The lowest BCUT2D eigenvalue weighted by atomic mass is 10.0. The highest BCUT2D eigenvalue weighted by Crippen LogP contribution is 2.17. The number of ketones is 1. The zero-order chi connectivity index (χ0) is 19.9. The van der Waals surface area contributed by atoms with Crippen molar-refractivity contribution < 1.29 is 9.53 Å². The quantitative estimate of drug-likeness (QED) is 0.171. The molecule has 6 heteroatoms. The van der Waals surface area contributed by atoms with Crippen LogP contribution in [0, 0.1) is 0 Å². The van der Waals surface area contributed by atoms with Gasteiger partial charge in [-0.2, -0.15) is 0 Å². The first-order chi connectivity index (χ1) is 13.1. The molecular weight excluding hydrogens is 604 g/mol. The smallest absolute Gasteiger partial charge is 0.193 e. The molecule has 0 saturated heterocycles. The summed E-state index contributed by atoms with van der Waals surface area (Å²) in [7, 11) is 0. The van der Waals surface area contributed by atoms with Crippen LogP contribution in [-0.2, 0) is 0 Å². The van der Waals surface area contributed by atoms with Crippen molar-refractivity contribution in [2.24, 2.45) is 0 Å². The van der Waals surface area contributed by atoms with Gasteiger partial charge in [0.15, 0.2) is 5.78 Å². The minimum atomic E-state index is 0.00762. The van der Waals surface area contributed by atoms with E-state index >= 15 is 0 Å². The number of benzene rings is 2. The van der Waals surface area contributed by atoms with Crippen molar-refractivity contribution in [3.8, 4) is 5.75 Å². The number of hydrogen-bond donors (Lipinski definition) is 0. The molecule has 0 aliphatic heterocycles. The van der Waals surface area contributed by atoms with Gasteiger partial charge in [-0.3, -0.25) is 4.79 Å². The van der Waals surface area contributed by atoms with Crippen molar-refractivity contribution in [3.05, 3.63) is 87.3 Å². The average molecular weight is 624 g/mol. The highest BCUT2D eigenvalue weighted by Gasteiger charge is 2.08. The van der Waals surface area contributed by atoms with Gasteiger partial charge in [-0.1, -0.05) is 81.9 Å². The van der Waals surface area contributed by atoms with Gasteiger partial charge in [-0.25, -0.2) is 0 Å². The van der Waals surface area contributed by atoms with E-state index in [1.54, 1.807) is 12.1 Å². The standard InChI is InChI=1S/C17H14Br2O2.C4H6Br2/c18-11-1-2-12-21-16-9-5-14(6-10-16)17(20)13-3-7-15(19)8-4-13;5-3-1-2-4-6/h1-10H,11-12H2;1,3H,2,4H2/b;3-1+. The third kappa shape index (κ3) is 10.4. The molecule has 0 aromatic heterocycles. The third-order valence-electron chi connectivity index (χ3n) is 3.19. The SMILES string of the molecule is Br/C=C/CCBr.O=C(c1ccc(Br)cc1)c1ccc(OCC=CCBr)cc1. The average Bonchev–Trinajstić information content (AvgIpc) is 2.71. The van der Waals surface area contributed by atoms with Gasteiger partial charge in [-0.15, -0.1) is 0 Å². The molecule has 0 heterocycles. The van der Waals surface area contributed by atoms with E-state index in [0.717, 1.165) is 27.3 Å². The first-order valence-corrected chi connectivity index (χ1v) is 12.1. The number of hydrogen-bond acceptors (Lipinski definition) is 2. The lowest BCUT2D eigenvalue weighted by molar-refractivity contribution is 0.103. The van der Waals surface area contributed by atoms with Gasteiger partial charge < -0.3 is 4.74 Å². The van der Waals surface area contributed by atoms with E-state index in [0.29, 0.717) is 17.7 Å². The Morgan fingerprint density at radius 3 is 1.96 bits per heavy atom. The molecule has 0 fully saturated rings. The second-order valence-corrected chi connectivity index (χ2v) is 8.02. The highest BCUT2D eigenvalue weighted by atomic mass is 79.9. The molecule has 0 saturated carbocycles. The summed E-state index contributed by atoms with van der Waals surface area (Å²) in [6.45, 7) is 0.519. The predicted molar refractivity (Wildman–Crippen MR) is 129 cm³/mol. The fraction of sp³-hybridized carbons (Fsp3) is 0.190. The number of halogens is 4. The molecular formula is C21H20Br4O2. The fourth-order valence-corrected chi connectivity index (χ4v) is 2.93. The van der Waals surface area contributed by atoms with Crippen LogP contribution in [0.2, 0.25) is 0 Å². The molecule has 144 valence electrons. The van der Waals surface area contributed by atoms with E-state index in [1.165, 1.54) is 0 Å². The molecule has 0 bridgehead atoms. The monoisotopic (exact) mass is 620 g/mol. The second-order valence-electron chi connectivity index (χ2n) is 5.14. The number of carbonyl (C=O) groups excluding carboxylic acids is 1. The number of ether oxygens (including phenoxy) is 1. The predicted octanol–water partition coefficient (Wildman–Crippen LogP) is 7.69. The summed E-state index contributed by atoms with van der Waals surface area (Å²) >= 11 is 13.1. The number of alkyl halides is 2.